The van der Waals surface area contributed by atoms with E-state index in [1.807, 2.05) is 48.5 Å². The Hall–Kier alpha value is -2.53. The molecule has 2 rings (SSSR count). The molecule has 0 heterocycles. The van der Waals surface area contributed by atoms with Crippen molar-refractivity contribution in [2.24, 2.45) is 0 Å². The second-order valence-corrected chi connectivity index (χ2v) is 5.81. The van der Waals surface area contributed by atoms with Crippen molar-refractivity contribution in [1.82, 2.24) is 10.2 Å². The Morgan fingerprint density at radius 3 is 2.17 bits per heavy atom. The Bertz CT molecular complexity index is 651. The van der Waals surface area contributed by atoms with Crippen LogP contribution in [0.3, 0.4) is 0 Å². The van der Waals surface area contributed by atoms with Crippen LogP contribution >= 0.6 is 0 Å². The molecular weight excluding hydrogens is 304 g/mol. The Kier molecular flexibility index (Phi) is 6.21. The van der Waals surface area contributed by atoms with Gasteiger partial charge in [-0.15, -0.1) is 0 Å². The number of likely N-dealkylation sites (N-methyl/N-ethyl adjacent to an activating group) is 1. The van der Waals surface area contributed by atoms with Gasteiger partial charge in [-0.1, -0.05) is 36.4 Å². The number of hydrogen-bond donors (Lipinski definition) is 2. The van der Waals surface area contributed by atoms with Crippen LogP contribution in [0.1, 0.15) is 12.5 Å². The molecule has 0 saturated carbocycles. The van der Waals surface area contributed by atoms with Crippen LogP contribution < -0.4 is 10.1 Å². The van der Waals surface area contributed by atoms with Gasteiger partial charge >= 0.3 is 6.03 Å². The molecule has 1 atom stereocenters. The first kappa shape index (κ1) is 17.8. The van der Waals surface area contributed by atoms with E-state index >= 15 is 0 Å². The standard InChI is InChI=1S/C19H24N2O3/c1-14(22)13-21(2)19(23)20-12-15-4-6-16(7-5-15)17-8-10-18(24-3)11-9-17/h4-11,14,22H,12-13H2,1-3H3,(H,20,23). The number of benzene rings is 2. The third-order valence-corrected chi connectivity index (χ3v) is 3.71. The number of hydrogen-bond acceptors (Lipinski definition) is 3. The maximum absolute atomic E-state index is 11.9. The molecule has 0 aliphatic heterocycles. The first-order valence-corrected chi connectivity index (χ1v) is 7.90. The van der Waals surface area contributed by atoms with Crippen molar-refractivity contribution in [3.8, 4) is 16.9 Å². The van der Waals surface area contributed by atoms with Crippen LogP contribution in [-0.2, 0) is 6.54 Å². The Morgan fingerprint density at radius 1 is 1.12 bits per heavy atom. The number of nitrogens with zero attached hydrogens (tertiary/aromatic N) is 1. The molecule has 0 aliphatic rings. The number of aliphatic hydroxyl groups is 1. The first-order chi connectivity index (χ1) is 11.5. The summed E-state index contributed by atoms with van der Waals surface area (Å²) >= 11 is 0. The maximum Gasteiger partial charge on any atom is 0.317 e. The van der Waals surface area contributed by atoms with Gasteiger partial charge in [0.1, 0.15) is 5.75 Å². The largest absolute Gasteiger partial charge is 0.497 e. The van der Waals surface area contributed by atoms with Crippen LogP contribution in [0.25, 0.3) is 11.1 Å². The van der Waals surface area contributed by atoms with E-state index in [1.54, 1.807) is 21.1 Å². The summed E-state index contributed by atoms with van der Waals surface area (Å²) in [6, 6.07) is 15.7. The van der Waals surface area contributed by atoms with Crippen molar-refractivity contribution in [3.63, 3.8) is 0 Å². The number of amides is 2. The summed E-state index contributed by atoms with van der Waals surface area (Å²) in [6.45, 7) is 2.41. The molecule has 2 aromatic rings. The van der Waals surface area contributed by atoms with E-state index in [0.29, 0.717) is 13.1 Å². The van der Waals surface area contributed by atoms with Gasteiger partial charge in [-0.25, -0.2) is 4.79 Å². The second-order valence-electron chi connectivity index (χ2n) is 5.81. The highest BCUT2D eigenvalue weighted by atomic mass is 16.5. The summed E-state index contributed by atoms with van der Waals surface area (Å²) in [6.07, 6.45) is -0.537. The van der Waals surface area contributed by atoms with E-state index in [2.05, 4.69) is 5.32 Å². The zero-order chi connectivity index (χ0) is 17.5. The fraction of sp³-hybridized carbons (Fsp3) is 0.316. The van der Waals surface area contributed by atoms with Gasteiger partial charge in [0.25, 0.3) is 0 Å². The number of aliphatic hydroxyl groups excluding tert-OH is 1. The minimum atomic E-state index is -0.537. The van der Waals surface area contributed by atoms with Gasteiger partial charge in [-0.05, 0) is 35.7 Å². The van der Waals surface area contributed by atoms with E-state index in [-0.39, 0.29) is 6.03 Å². The van der Waals surface area contributed by atoms with Crippen LogP contribution in [0.15, 0.2) is 48.5 Å². The van der Waals surface area contributed by atoms with Crippen molar-refractivity contribution in [1.29, 1.82) is 0 Å². The lowest BCUT2D eigenvalue weighted by atomic mass is 10.0. The number of carbonyl (C=O) groups is 1. The van der Waals surface area contributed by atoms with E-state index in [1.165, 1.54) is 4.90 Å². The van der Waals surface area contributed by atoms with Crippen molar-refractivity contribution < 1.29 is 14.6 Å². The van der Waals surface area contributed by atoms with Gasteiger partial charge in [0.15, 0.2) is 0 Å². The molecule has 2 aromatic carbocycles. The van der Waals surface area contributed by atoms with Gasteiger partial charge in [-0.2, -0.15) is 0 Å². The SMILES string of the molecule is COc1ccc(-c2ccc(CNC(=O)N(C)CC(C)O)cc2)cc1. The highest BCUT2D eigenvalue weighted by Crippen LogP contribution is 2.22. The molecule has 0 aromatic heterocycles. The molecule has 5 heteroatoms. The van der Waals surface area contributed by atoms with Gasteiger partial charge in [0.05, 0.1) is 13.2 Å². The van der Waals surface area contributed by atoms with Crippen LogP contribution in [0, 0.1) is 0 Å². The minimum absolute atomic E-state index is 0.199. The van der Waals surface area contributed by atoms with Crippen molar-refractivity contribution in [2.45, 2.75) is 19.6 Å². The zero-order valence-electron chi connectivity index (χ0n) is 14.3. The number of ether oxygens (including phenoxy) is 1. The summed E-state index contributed by atoms with van der Waals surface area (Å²) in [7, 11) is 3.31. The average Bonchev–Trinajstić information content (AvgIpc) is 2.59. The second kappa shape index (κ2) is 8.36. The monoisotopic (exact) mass is 328 g/mol. The van der Waals surface area contributed by atoms with E-state index in [0.717, 1.165) is 22.4 Å². The molecule has 0 radical (unpaired) electrons. The summed E-state index contributed by atoms with van der Waals surface area (Å²) in [5.41, 5.74) is 3.24. The van der Waals surface area contributed by atoms with E-state index in [9.17, 15) is 9.90 Å². The van der Waals surface area contributed by atoms with Crippen molar-refractivity contribution >= 4 is 6.03 Å². The molecule has 0 fully saturated rings. The highest BCUT2D eigenvalue weighted by molar-refractivity contribution is 5.74. The fourth-order valence-electron chi connectivity index (χ4n) is 2.39. The molecule has 2 N–H and O–H groups in total. The number of rotatable bonds is 6. The molecule has 2 amide bonds. The summed E-state index contributed by atoms with van der Waals surface area (Å²) in [5.74, 6) is 0.833. The van der Waals surface area contributed by atoms with Crippen molar-refractivity contribution in [3.05, 3.63) is 54.1 Å². The zero-order valence-corrected chi connectivity index (χ0v) is 14.3. The summed E-state index contributed by atoms with van der Waals surface area (Å²) < 4.78 is 5.16. The predicted molar refractivity (Wildman–Crippen MR) is 95.0 cm³/mol. The first-order valence-electron chi connectivity index (χ1n) is 7.90. The summed E-state index contributed by atoms with van der Waals surface area (Å²) in [5, 5.41) is 12.1. The fourth-order valence-corrected chi connectivity index (χ4v) is 2.39. The smallest absolute Gasteiger partial charge is 0.317 e. The third kappa shape index (κ3) is 4.99. The minimum Gasteiger partial charge on any atom is -0.497 e. The van der Waals surface area contributed by atoms with Crippen LogP contribution in [0.5, 0.6) is 5.75 Å². The van der Waals surface area contributed by atoms with Crippen LogP contribution in [0.2, 0.25) is 0 Å². The lowest BCUT2D eigenvalue weighted by Gasteiger charge is -2.19. The molecule has 0 spiro atoms. The number of nitrogens with one attached hydrogen (secondary N) is 1. The molecule has 5 nitrogen and oxygen atoms in total. The van der Waals surface area contributed by atoms with Crippen LogP contribution in [-0.4, -0.2) is 42.8 Å². The molecule has 1 unspecified atom stereocenters. The lowest BCUT2D eigenvalue weighted by molar-refractivity contribution is 0.143. The van der Waals surface area contributed by atoms with E-state index in [4.69, 9.17) is 4.74 Å². The van der Waals surface area contributed by atoms with Gasteiger partial charge < -0.3 is 20.1 Å². The van der Waals surface area contributed by atoms with Gasteiger partial charge in [0.2, 0.25) is 0 Å². The maximum atomic E-state index is 11.9. The molecule has 0 aliphatic carbocycles. The molecule has 0 saturated heterocycles. The Morgan fingerprint density at radius 2 is 1.67 bits per heavy atom. The van der Waals surface area contributed by atoms with Crippen LogP contribution in [0.4, 0.5) is 4.79 Å². The van der Waals surface area contributed by atoms with Gasteiger partial charge in [0, 0.05) is 20.1 Å². The molecular formula is C19H24N2O3. The number of carbonyl (C=O) groups excluding carboxylic acids is 1. The molecule has 24 heavy (non-hydrogen) atoms. The third-order valence-electron chi connectivity index (χ3n) is 3.71. The van der Waals surface area contributed by atoms with Crippen molar-refractivity contribution in [2.75, 3.05) is 20.7 Å². The summed E-state index contributed by atoms with van der Waals surface area (Å²) in [4.78, 5) is 13.4. The predicted octanol–water partition coefficient (Wildman–Crippen LogP) is 2.88. The quantitative estimate of drug-likeness (QED) is 0.857. The number of methoxy groups -OCH3 is 1. The molecule has 128 valence electrons. The molecule has 0 bridgehead atoms. The topological polar surface area (TPSA) is 61.8 Å². The Labute approximate surface area is 142 Å². The van der Waals surface area contributed by atoms with Gasteiger partial charge in [-0.3, -0.25) is 0 Å². The lowest BCUT2D eigenvalue weighted by Crippen LogP contribution is -2.40. The average molecular weight is 328 g/mol. The normalized spacial score (nSPS) is 11.7. The Balaban J connectivity index is 1.93. The number of urea groups is 1. The van der Waals surface area contributed by atoms with E-state index < -0.39 is 6.10 Å². The highest BCUT2D eigenvalue weighted by Gasteiger charge is 2.10.